The van der Waals surface area contributed by atoms with E-state index in [0.717, 1.165) is 66.2 Å². The number of hydrogen-bond acceptors (Lipinski definition) is 3. The summed E-state index contributed by atoms with van der Waals surface area (Å²) in [5.41, 5.74) is 9.63. The first-order chi connectivity index (χ1) is 24.8. The average Bonchev–Trinajstić information content (AvgIpc) is 3.72. The molecule has 5 nitrogen and oxygen atoms in total. The third-order valence-corrected chi connectivity index (χ3v) is 9.57. The van der Waals surface area contributed by atoms with Crippen LogP contribution in [0.25, 0.3) is 89.2 Å². The van der Waals surface area contributed by atoms with Crippen LogP contribution in [0, 0.1) is 0 Å². The van der Waals surface area contributed by atoms with E-state index in [4.69, 9.17) is 15.0 Å². The van der Waals surface area contributed by atoms with Crippen molar-refractivity contribution in [1.29, 1.82) is 0 Å². The Kier molecular flexibility index (Phi) is 6.42. The van der Waals surface area contributed by atoms with Crippen LogP contribution in [0.15, 0.2) is 176 Å². The van der Waals surface area contributed by atoms with E-state index in [1.165, 1.54) is 5.39 Å². The van der Waals surface area contributed by atoms with E-state index in [1.54, 1.807) is 0 Å². The first-order valence-corrected chi connectivity index (χ1v) is 16.8. The number of benzene rings is 7. The zero-order chi connectivity index (χ0) is 33.0. The van der Waals surface area contributed by atoms with E-state index in [9.17, 15) is 0 Å². The number of fused-ring (bicyclic) bond motifs is 7. The van der Waals surface area contributed by atoms with Gasteiger partial charge in [-0.1, -0.05) is 140 Å². The zero-order valence-electron chi connectivity index (χ0n) is 27.0. The minimum Gasteiger partial charge on any atom is -0.309 e. The number of rotatable bonds is 5. The monoisotopic (exact) mass is 639 g/mol. The summed E-state index contributed by atoms with van der Waals surface area (Å²) in [6, 6.07) is 61.4. The van der Waals surface area contributed by atoms with Gasteiger partial charge in [0.05, 0.1) is 22.1 Å². The molecule has 3 heterocycles. The van der Waals surface area contributed by atoms with Gasteiger partial charge in [-0.25, -0.2) is 4.98 Å². The number of hydrogen-bond donors (Lipinski definition) is 0. The van der Waals surface area contributed by atoms with E-state index < -0.39 is 0 Å². The number of aromatic nitrogens is 5. The highest BCUT2D eigenvalue weighted by Crippen LogP contribution is 2.41. The molecule has 0 radical (unpaired) electrons. The van der Waals surface area contributed by atoms with Gasteiger partial charge in [-0.2, -0.15) is 9.97 Å². The van der Waals surface area contributed by atoms with Gasteiger partial charge in [-0.3, -0.25) is 4.57 Å². The van der Waals surface area contributed by atoms with Crippen LogP contribution in [-0.2, 0) is 0 Å². The Bertz CT molecular complexity index is 2850. The summed E-state index contributed by atoms with van der Waals surface area (Å²) >= 11 is 0. The minimum atomic E-state index is 0.578. The van der Waals surface area contributed by atoms with Gasteiger partial charge in [0.2, 0.25) is 5.95 Å². The second kappa shape index (κ2) is 11.4. The normalized spacial score (nSPS) is 11.6. The SMILES string of the molecule is c1ccc(-c2cccc(-c3nc(-c4ccccc4)nc(-n4c5ccccc5c5ccc6c(c7ccccc7n6-c6ccccc6)c54)n3)c2)cc1. The van der Waals surface area contributed by atoms with Crippen molar-refractivity contribution in [1.82, 2.24) is 24.1 Å². The van der Waals surface area contributed by atoms with Crippen LogP contribution in [0.1, 0.15) is 0 Å². The topological polar surface area (TPSA) is 48.5 Å². The summed E-state index contributed by atoms with van der Waals surface area (Å²) in [6.45, 7) is 0. The largest absolute Gasteiger partial charge is 0.309 e. The Morgan fingerprint density at radius 3 is 1.64 bits per heavy atom. The molecule has 0 amide bonds. The van der Waals surface area contributed by atoms with Crippen molar-refractivity contribution in [2.45, 2.75) is 0 Å². The van der Waals surface area contributed by atoms with Crippen LogP contribution in [0.2, 0.25) is 0 Å². The van der Waals surface area contributed by atoms with Gasteiger partial charge in [0.15, 0.2) is 11.6 Å². The molecule has 0 aliphatic heterocycles. The summed E-state index contributed by atoms with van der Waals surface area (Å²) < 4.78 is 4.60. The molecule has 5 heteroatoms. The number of nitrogens with zero attached hydrogens (tertiary/aromatic N) is 5. The van der Waals surface area contributed by atoms with Crippen LogP contribution in [0.4, 0.5) is 0 Å². The summed E-state index contributed by atoms with van der Waals surface area (Å²) in [4.78, 5) is 15.6. The van der Waals surface area contributed by atoms with E-state index in [0.29, 0.717) is 17.6 Å². The Labute approximate surface area is 288 Å². The Morgan fingerprint density at radius 2 is 0.900 bits per heavy atom. The fourth-order valence-electron chi connectivity index (χ4n) is 7.35. The molecule has 10 rings (SSSR count). The standard InChI is InChI=1S/C45H29N5/c1-4-15-30(16-5-1)32-19-14-20-33(29-32)44-46-43(31-17-6-2-7-18-31)47-45(48-44)50-38-25-12-10-23-35(38)36-27-28-40-41(42(36)50)37-24-11-13-26-39(37)49(40)34-21-8-3-9-22-34/h1-29H. The predicted molar refractivity (Wildman–Crippen MR) is 205 cm³/mol. The molecule has 7 aromatic carbocycles. The van der Waals surface area contributed by atoms with Crippen molar-refractivity contribution in [3.63, 3.8) is 0 Å². The van der Waals surface area contributed by atoms with Crippen LogP contribution in [-0.4, -0.2) is 24.1 Å². The molecule has 234 valence electrons. The van der Waals surface area contributed by atoms with E-state index in [2.05, 4.69) is 161 Å². The summed E-state index contributed by atoms with van der Waals surface area (Å²) in [5.74, 6) is 1.83. The van der Waals surface area contributed by atoms with Crippen molar-refractivity contribution in [3.05, 3.63) is 176 Å². The molecule has 0 atom stereocenters. The van der Waals surface area contributed by atoms with Crippen molar-refractivity contribution < 1.29 is 0 Å². The third kappa shape index (κ3) is 4.45. The van der Waals surface area contributed by atoms with E-state index in [-0.39, 0.29) is 0 Å². The van der Waals surface area contributed by atoms with E-state index in [1.807, 2.05) is 24.3 Å². The predicted octanol–water partition coefficient (Wildman–Crippen LogP) is 11.1. The van der Waals surface area contributed by atoms with Crippen molar-refractivity contribution in [2.75, 3.05) is 0 Å². The Morgan fingerprint density at radius 1 is 0.340 bits per heavy atom. The summed E-state index contributed by atoms with van der Waals surface area (Å²) in [6.07, 6.45) is 0. The van der Waals surface area contributed by atoms with Crippen molar-refractivity contribution >= 4 is 43.6 Å². The second-order valence-corrected chi connectivity index (χ2v) is 12.5. The van der Waals surface area contributed by atoms with Gasteiger partial charge < -0.3 is 4.57 Å². The minimum absolute atomic E-state index is 0.578. The maximum atomic E-state index is 5.29. The maximum absolute atomic E-state index is 5.29. The molecule has 10 aromatic rings. The lowest BCUT2D eigenvalue weighted by molar-refractivity contribution is 0.955. The molecule has 0 unspecified atom stereocenters. The lowest BCUT2D eigenvalue weighted by Gasteiger charge is -2.12. The molecule has 0 saturated heterocycles. The van der Waals surface area contributed by atoms with E-state index >= 15 is 0 Å². The van der Waals surface area contributed by atoms with Gasteiger partial charge in [-0.15, -0.1) is 0 Å². The fraction of sp³-hybridized carbons (Fsp3) is 0. The molecular formula is C45H29N5. The lowest BCUT2D eigenvalue weighted by Crippen LogP contribution is -2.06. The summed E-state index contributed by atoms with van der Waals surface area (Å²) in [5, 5.41) is 4.63. The maximum Gasteiger partial charge on any atom is 0.238 e. The summed E-state index contributed by atoms with van der Waals surface area (Å²) in [7, 11) is 0. The highest BCUT2D eigenvalue weighted by Gasteiger charge is 2.23. The van der Waals surface area contributed by atoms with Gasteiger partial charge in [0, 0.05) is 38.4 Å². The first kappa shape index (κ1) is 28.2. The van der Waals surface area contributed by atoms with Crippen LogP contribution in [0.3, 0.4) is 0 Å². The molecule has 0 N–H and O–H groups in total. The lowest BCUT2D eigenvalue weighted by atomic mass is 10.0. The molecule has 50 heavy (non-hydrogen) atoms. The molecule has 0 aliphatic rings. The van der Waals surface area contributed by atoms with Crippen LogP contribution < -0.4 is 0 Å². The highest BCUT2D eigenvalue weighted by molar-refractivity contribution is 6.26. The van der Waals surface area contributed by atoms with Gasteiger partial charge in [0.25, 0.3) is 0 Å². The highest BCUT2D eigenvalue weighted by atomic mass is 15.2. The molecule has 0 aliphatic carbocycles. The van der Waals surface area contributed by atoms with Crippen molar-refractivity contribution in [3.8, 4) is 45.5 Å². The van der Waals surface area contributed by atoms with Crippen LogP contribution in [0.5, 0.6) is 0 Å². The molecule has 0 fully saturated rings. The second-order valence-electron chi connectivity index (χ2n) is 12.5. The van der Waals surface area contributed by atoms with Gasteiger partial charge in [-0.05, 0) is 47.5 Å². The zero-order valence-corrected chi connectivity index (χ0v) is 27.0. The fourth-order valence-corrected chi connectivity index (χ4v) is 7.35. The Hall–Kier alpha value is -6.85. The molecule has 0 saturated carbocycles. The molecule has 3 aromatic heterocycles. The van der Waals surface area contributed by atoms with Gasteiger partial charge >= 0.3 is 0 Å². The molecule has 0 spiro atoms. The van der Waals surface area contributed by atoms with Crippen LogP contribution >= 0.6 is 0 Å². The molecular weight excluding hydrogens is 611 g/mol. The Balaban J connectivity index is 1.32. The smallest absolute Gasteiger partial charge is 0.238 e. The average molecular weight is 640 g/mol. The quantitative estimate of drug-likeness (QED) is 0.188. The third-order valence-electron chi connectivity index (χ3n) is 9.57. The molecule has 0 bridgehead atoms. The van der Waals surface area contributed by atoms with Crippen molar-refractivity contribution in [2.24, 2.45) is 0 Å². The first-order valence-electron chi connectivity index (χ1n) is 16.8. The van der Waals surface area contributed by atoms with Gasteiger partial charge in [0.1, 0.15) is 0 Å². The number of para-hydroxylation sites is 3.